The highest BCUT2D eigenvalue weighted by Gasteiger charge is 2.31. The first-order valence-corrected chi connectivity index (χ1v) is 10.9. The van der Waals surface area contributed by atoms with E-state index in [0.29, 0.717) is 22.4 Å². The molecule has 0 aliphatic carbocycles. The summed E-state index contributed by atoms with van der Waals surface area (Å²) in [7, 11) is 1.50. The number of benzene rings is 3. The van der Waals surface area contributed by atoms with Gasteiger partial charge in [0.15, 0.2) is 0 Å². The zero-order valence-electron chi connectivity index (χ0n) is 19.3. The second kappa shape index (κ2) is 9.25. The Bertz CT molecular complexity index is 1460. The number of nitrogens with zero attached hydrogens (tertiary/aromatic N) is 3. The number of aromatic nitrogens is 2. The predicted molar refractivity (Wildman–Crippen MR) is 129 cm³/mol. The summed E-state index contributed by atoms with van der Waals surface area (Å²) >= 11 is 0. The Balaban J connectivity index is 1.74. The zero-order chi connectivity index (χ0) is 25.3. The topological polar surface area (TPSA) is 67.2 Å². The van der Waals surface area contributed by atoms with Gasteiger partial charge < -0.3 is 10.2 Å². The van der Waals surface area contributed by atoms with Crippen molar-refractivity contribution in [2.45, 2.75) is 26.1 Å². The number of hydrogen-bond donors (Lipinski definition) is 1. The highest BCUT2D eigenvalue weighted by atomic mass is 19.4. The van der Waals surface area contributed by atoms with Gasteiger partial charge in [0.25, 0.3) is 5.56 Å². The van der Waals surface area contributed by atoms with Crippen molar-refractivity contribution in [3.8, 4) is 5.69 Å². The standard InChI is InChI=1S/C26H23F3N4O2/c1-16-8-6-11-20(14-16)33-23(31-22-13-5-4-12-21(22)24(33)34)17(2)32(3)25(35)30-19-10-7-9-18(15-19)26(27,28)29/h4-15,17H,1-3H3,(H,30,35). The molecule has 3 aromatic carbocycles. The number of rotatable bonds is 4. The quantitative estimate of drug-likeness (QED) is 0.393. The number of alkyl halides is 3. The molecule has 1 atom stereocenters. The highest BCUT2D eigenvalue weighted by Crippen LogP contribution is 2.31. The van der Waals surface area contributed by atoms with Crippen molar-refractivity contribution in [2.75, 3.05) is 12.4 Å². The Hall–Kier alpha value is -4.14. The van der Waals surface area contributed by atoms with Gasteiger partial charge in [-0.05, 0) is 61.9 Å². The molecule has 1 heterocycles. The number of nitrogens with one attached hydrogen (secondary N) is 1. The van der Waals surface area contributed by atoms with Gasteiger partial charge in [0, 0.05) is 12.7 Å². The number of carbonyl (C=O) groups excluding carboxylic acids is 1. The third-order valence-corrected chi connectivity index (χ3v) is 5.78. The SMILES string of the molecule is Cc1cccc(-n2c(C(C)N(C)C(=O)Nc3cccc(C(F)(F)F)c3)nc3ccccc3c2=O)c1. The molecule has 0 aliphatic heterocycles. The van der Waals surface area contributed by atoms with Crippen LogP contribution < -0.4 is 10.9 Å². The van der Waals surface area contributed by atoms with Gasteiger partial charge in [-0.3, -0.25) is 9.36 Å². The third kappa shape index (κ3) is 4.89. The average Bonchev–Trinajstić information content (AvgIpc) is 2.82. The first-order valence-electron chi connectivity index (χ1n) is 10.9. The molecule has 180 valence electrons. The van der Waals surface area contributed by atoms with Crippen molar-refractivity contribution < 1.29 is 18.0 Å². The van der Waals surface area contributed by atoms with Gasteiger partial charge in [-0.2, -0.15) is 13.2 Å². The van der Waals surface area contributed by atoms with Crippen molar-refractivity contribution >= 4 is 22.6 Å². The minimum absolute atomic E-state index is 0.00594. The molecule has 35 heavy (non-hydrogen) atoms. The first kappa shape index (κ1) is 24.0. The number of fused-ring (bicyclic) bond motifs is 1. The van der Waals surface area contributed by atoms with Crippen LogP contribution in [0.15, 0.2) is 77.6 Å². The van der Waals surface area contributed by atoms with E-state index in [1.54, 1.807) is 37.3 Å². The molecule has 6 nitrogen and oxygen atoms in total. The lowest BCUT2D eigenvalue weighted by molar-refractivity contribution is -0.137. The van der Waals surface area contributed by atoms with E-state index in [0.717, 1.165) is 17.7 Å². The van der Waals surface area contributed by atoms with Crippen LogP contribution in [0.2, 0.25) is 0 Å². The monoisotopic (exact) mass is 480 g/mol. The van der Waals surface area contributed by atoms with Gasteiger partial charge in [0.2, 0.25) is 0 Å². The number of carbonyl (C=O) groups is 1. The zero-order valence-corrected chi connectivity index (χ0v) is 19.3. The summed E-state index contributed by atoms with van der Waals surface area (Å²) in [5.41, 5.74) is 0.880. The number of halogens is 3. The molecule has 2 amide bonds. The van der Waals surface area contributed by atoms with E-state index in [9.17, 15) is 22.8 Å². The molecule has 0 aliphatic rings. The molecule has 0 spiro atoms. The lowest BCUT2D eigenvalue weighted by Gasteiger charge is -2.27. The molecule has 1 aromatic heterocycles. The van der Waals surface area contributed by atoms with Gasteiger partial charge in [0.05, 0.1) is 28.2 Å². The second-order valence-electron chi connectivity index (χ2n) is 8.26. The minimum atomic E-state index is -4.53. The van der Waals surface area contributed by atoms with Crippen molar-refractivity contribution in [3.05, 3.63) is 100 Å². The van der Waals surface area contributed by atoms with Gasteiger partial charge in [-0.15, -0.1) is 0 Å². The molecular weight excluding hydrogens is 457 g/mol. The predicted octanol–water partition coefficient (Wildman–Crippen LogP) is 5.94. The smallest absolute Gasteiger partial charge is 0.318 e. The largest absolute Gasteiger partial charge is 0.416 e. The van der Waals surface area contributed by atoms with Gasteiger partial charge >= 0.3 is 12.2 Å². The average molecular weight is 480 g/mol. The Morgan fingerprint density at radius 2 is 1.74 bits per heavy atom. The van der Waals surface area contributed by atoms with E-state index in [1.165, 1.54) is 28.6 Å². The van der Waals surface area contributed by atoms with E-state index < -0.39 is 23.8 Å². The first-order chi connectivity index (χ1) is 16.6. The fourth-order valence-electron chi connectivity index (χ4n) is 3.78. The van der Waals surface area contributed by atoms with Gasteiger partial charge in [-0.1, -0.05) is 30.3 Å². The number of urea groups is 1. The fourth-order valence-corrected chi connectivity index (χ4v) is 3.78. The molecule has 0 saturated heterocycles. The second-order valence-corrected chi connectivity index (χ2v) is 8.26. The molecule has 1 N–H and O–H groups in total. The summed E-state index contributed by atoms with van der Waals surface area (Å²) in [5.74, 6) is 0.320. The van der Waals surface area contributed by atoms with Crippen LogP contribution in [0.4, 0.5) is 23.7 Å². The van der Waals surface area contributed by atoms with Crippen molar-refractivity contribution in [1.29, 1.82) is 0 Å². The summed E-state index contributed by atoms with van der Waals surface area (Å²) in [6, 6.07) is 17.3. The number of para-hydroxylation sites is 1. The van der Waals surface area contributed by atoms with E-state index >= 15 is 0 Å². The number of hydrogen-bond acceptors (Lipinski definition) is 3. The van der Waals surface area contributed by atoms with Crippen LogP contribution >= 0.6 is 0 Å². The van der Waals surface area contributed by atoms with Crippen LogP contribution in [0.1, 0.15) is 29.9 Å². The normalized spacial score (nSPS) is 12.4. The van der Waals surface area contributed by atoms with E-state index in [4.69, 9.17) is 4.98 Å². The van der Waals surface area contributed by atoms with Gasteiger partial charge in [-0.25, -0.2) is 9.78 Å². The Morgan fingerprint density at radius 3 is 2.46 bits per heavy atom. The third-order valence-electron chi connectivity index (χ3n) is 5.78. The van der Waals surface area contributed by atoms with Crippen LogP contribution in [-0.4, -0.2) is 27.5 Å². The summed E-state index contributed by atoms with van der Waals surface area (Å²) in [6.07, 6.45) is -4.53. The Labute approximate surface area is 199 Å². The summed E-state index contributed by atoms with van der Waals surface area (Å²) in [4.78, 5) is 32.4. The van der Waals surface area contributed by atoms with Crippen LogP contribution in [0.3, 0.4) is 0 Å². The molecule has 0 saturated carbocycles. The number of amides is 2. The van der Waals surface area contributed by atoms with Crippen molar-refractivity contribution in [1.82, 2.24) is 14.5 Å². The maximum Gasteiger partial charge on any atom is 0.416 e. The van der Waals surface area contributed by atoms with E-state index in [1.807, 2.05) is 25.1 Å². The summed E-state index contributed by atoms with van der Waals surface area (Å²) in [5, 5.41) is 2.93. The van der Waals surface area contributed by atoms with Crippen LogP contribution in [0, 0.1) is 6.92 Å². The Kier molecular flexibility index (Phi) is 6.34. The van der Waals surface area contributed by atoms with Gasteiger partial charge in [0.1, 0.15) is 5.82 Å². The molecule has 0 radical (unpaired) electrons. The molecule has 9 heteroatoms. The summed E-state index contributed by atoms with van der Waals surface area (Å²) < 4.78 is 40.6. The number of anilines is 1. The van der Waals surface area contributed by atoms with Crippen LogP contribution in [0.5, 0.6) is 0 Å². The molecule has 1 unspecified atom stereocenters. The maximum atomic E-state index is 13.5. The highest BCUT2D eigenvalue weighted by molar-refractivity contribution is 5.89. The molecule has 4 aromatic rings. The summed E-state index contributed by atoms with van der Waals surface area (Å²) in [6.45, 7) is 3.61. The molecule has 0 bridgehead atoms. The molecule has 0 fully saturated rings. The molecule has 4 rings (SSSR count). The molecular formula is C26H23F3N4O2. The van der Waals surface area contributed by atoms with E-state index in [2.05, 4.69) is 5.32 Å². The minimum Gasteiger partial charge on any atom is -0.318 e. The lowest BCUT2D eigenvalue weighted by atomic mass is 10.1. The Morgan fingerprint density at radius 1 is 1.03 bits per heavy atom. The van der Waals surface area contributed by atoms with E-state index in [-0.39, 0.29) is 11.2 Å². The van der Waals surface area contributed by atoms with Crippen LogP contribution in [-0.2, 0) is 6.18 Å². The number of aryl methyl sites for hydroxylation is 1. The lowest BCUT2D eigenvalue weighted by Crippen LogP contribution is -2.37. The fraction of sp³-hybridized carbons (Fsp3) is 0.192. The van der Waals surface area contributed by atoms with Crippen LogP contribution in [0.25, 0.3) is 16.6 Å². The van der Waals surface area contributed by atoms with Crippen molar-refractivity contribution in [2.24, 2.45) is 0 Å². The van der Waals surface area contributed by atoms with Crippen molar-refractivity contribution in [3.63, 3.8) is 0 Å². The maximum absolute atomic E-state index is 13.5.